The molecular formula is C15H21N5O. The number of anilines is 1. The molecular weight excluding hydrogens is 266 g/mol. The lowest BCUT2D eigenvalue weighted by Gasteiger charge is -2.20. The maximum absolute atomic E-state index is 12.2. The molecule has 21 heavy (non-hydrogen) atoms. The summed E-state index contributed by atoms with van der Waals surface area (Å²) in [7, 11) is 0. The molecule has 2 heterocycles. The van der Waals surface area contributed by atoms with Gasteiger partial charge in [-0.3, -0.25) is 9.88 Å². The number of aromatic nitrogens is 3. The molecule has 0 aliphatic rings. The second-order valence-corrected chi connectivity index (χ2v) is 4.73. The van der Waals surface area contributed by atoms with E-state index in [0.29, 0.717) is 13.1 Å². The van der Waals surface area contributed by atoms with Gasteiger partial charge in [0.05, 0.1) is 29.5 Å². The predicted octanol–water partition coefficient (Wildman–Crippen LogP) is 2.52. The number of pyridine rings is 1. The summed E-state index contributed by atoms with van der Waals surface area (Å²) in [5, 5.41) is 7.36. The van der Waals surface area contributed by atoms with Crippen molar-refractivity contribution in [1.82, 2.24) is 20.1 Å². The first-order valence-electron chi connectivity index (χ1n) is 7.19. The Labute approximate surface area is 124 Å². The van der Waals surface area contributed by atoms with Crippen molar-refractivity contribution in [3.05, 3.63) is 36.4 Å². The molecule has 2 aromatic heterocycles. The Bertz CT molecular complexity index is 593. The first kappa shape index (κ1) is 15.0. The van der Waals surface area contributed by atoms with Crippen molar-refractivity contribution in [2.24, 2.45) is 0 Å². The van der Waals surface area contributed by atoms with Crippen LogP contribution >= 0.6 is 0 Å². The number of hydrogen-bond acceptors (Lipinski definition) is 3. The number of carbonyl (C=O) groups is 1. The van der Waals surface area contributed by atoms with Gasteiger partial charge < -0.3 is 5.32 Å². The van der Waals surface area contributed by atoms with Crippen LogP contribution in [-0.4, -0.2) is 33.9 Å². The van der Waals surface area contributed by atoms with Crippen LogP contribution in [0.1, 0.15) is 26.0 Å². The summed E-state index contributed by atoms with van der Waals surface area (Å²) in [5.74, 6) is 0. The third-order valence-corrected chi connectivity index (χ3v) is 3.16. The van der Waals surface area contributed by atoms with Gasteiger partial charge in [0.15, 0.2) is 0 Å². The van der Waals surface area contributed by atoms with Gasteiger partial charge in [-0.05, 0) is 32.4 Å². The maximum Gasteiger partial charge on any atom is 0.321 e. The van der Waals surface area contributed by atoms with Crippen LogP contribution in [0.4, 0.5) is 10.5 Å². The van der Waals surface area contributed by atoms with E-state index in [4.69, 9.17) is 0 Å². The van der Waals surface area contributed by atoms with Crippen LogP contribution in [0.2, 0.25) is 0 Å². The molecule has 6 heteroatoms. The van der Waals surface area contributed by atoms with Gasteiger partial charge in [0.25, 0.3) is 0 Å². The molecule has 6 nitrogen and oxygen atoms in total. The number of carbonyl (C=O) groups excluding carboxylic acids is 1. The van der Waals surface area contributed by atoms with Crippen molar-refractivity contribution in [3.8, 4) is 5.69 Å². The number of rotatable bonds is 5. The van der Waals surface area contributed by atoms with E-state index in [1.54, 1.807) is 22.0 Å². The summed E-state index contributed by atoms with van der Waals surface area (Å²) in [5.41, 5.74) is 2.50. The lowest BCUT2D eigenvalue weighted by molar-refractivity contribution is 0.246. The fraction of sp³-hybridized carbons (Fsp3) is 0.400. The molecule has 0 saturated carbocycles. The molecule has 2 aromatic rings. The van der Waals surface area contributed by atoms with Gasteiger partial charge in [-0.2, -0.15) is 5.10 Å². The Morgan fingerprint density at radius 2 is 2.24 bits per heavy atom. The number of hydrogen-bond donors (Lipinski definition) is 1. The molecule has 0 radical (unpaired) electrons. The van der Waals surface area contributed by atoms with Gasteiger partial charge in [0, 0.05) is 19.3 Å². The SMILES string of the molecule is CCCNC(=O)N(CC)c1cn(-c2cccnc2)nc1C. The molecule has 2 rings (SSSR count). The highest BCUT2D eigenvalue weighted by atomic mass is 16.2. The van der Waals surface area contributed by atoms with Crippen LogP contribution in [0.5, 0.6) is 0 Å². The zero-order valence-corrected chi connectivity index (χ0v) is 12.7. The fourth-order valence-corrected chi connectivity index (χ4v) is 2.09. The van der Waals surface area contributed by atoms with Crippen molar-refractivity contribution >= 4 is 11.7 Å². The van der Waals surface area contributed by atoms with Crippen LogP contribution in [0.15, 0.2) is 30.7 Å². The summed E-state index contributed by atoms with van der Waals surface area (Å²) in [6, 6.07) is 3.70. The zero-order valence-electron chi connectivity index (χ0n) is 12.7. The van der Waals surface area contributed by atoms with E-state index < -0.39 is 0 Å². The van der Waals surface area contributed by atoms with Gasteiger partial charge in [-0.25, -0.2) is 9.48 Å². The normalized spacial score (nSPS) is 10.4. The molecule has 0 aliphatic carbocycles. The minimum atomic E-state index is -0.0896. The highest BCUT2D eigenvalue weighted by Gasteiger charge is 2.18. The monoisotopic (exact) mass is 287 g/mol. The Balaban J connectivity index is 2.27. The number of amides is 2. The van der Waals surface area contributed by atoms with Gasteiger partial charge in [0.1, 0.15) is 0 Å². The zero-order chi connectivity index (χ0) is 15.2. The standard InChI is InChI=1S/C15H21N5O/c1-4-8-17-15(21)19(5-2)14-11-20(18-12(14)3)13-7-6-9-16-10-13/h6-7,9-11H,4-5,8H2,1-3H3,(H,17,21). The molecule has 0 aromatic carbocycles. The van der Waals surface area contributed by atoms with Gasteiger partial charge in [-0.15, -0.1) is 0 Å². The van der Waals surface area contributed by atoms with E-state index in [1.165, 1.54) is 0 Å². The third-order valence-electron chi connectivity index (χ3n) is 3.16. The van der Waals surface area contributed by atoms with E-state index in [9.17, 15) is 4.79 Å². The molecule has 2 amide bonds. The molecule has 0 fully saturated rings. The Morgan fingerprint density at radius 3 is 2.86 bits per heavy atom. The van der Waals surface area contributed by atoms with E-state index in [0.717, 1.165) is 23.5 Å². The maximum atomic E-state index is 12.2. The highest BCUT2D eigenvalue weighted by molar-refractivity contribution is 5.92. The van der Waals surface area contributed by atoms with E-state index in [2.05, 4.69) is 15.4 Å². The van der Waals surface area contributed by atoms with Crippen LogP contribution in [0.3, 0.4) is 0 Å². The smallest absolute Gasteiger partial charge is 0.321 e. The Kier molecular flexibility index (Phi) is 4.92. The molecule has 0 saturated heterocycles. The first-order valence-corrected chi connectivity index (χ1v) is 7.19. The topological polar surface area (TPSA) is 63.1 Å². The number of nitrogens with zero attached hydrogens (tertiary/aromatic N) is 4. The minimum Gasteiger partial charge on any atom is -0.338 e. The van der Waals surface area contributed by atoms with Crippen molar-refractivity contribution in [1.29, 1.82) is 0 Å². The lowest BCUT2D eigenvalue weighted by Crippen LogP contribution is -2.40. The molecule has 0 aliphatic heterocycles. The summed E-state index contributed by atoms with van der Waals surface area (Å²) < 4.78 is 1.74. The average Bonchev–Trinajstić information content (AvgIpc) is 2.89. The van der Waals surface area contributed by atoms with Crippen LogP contribution in [0.25, 0.3) is 5.69 Å². The quantitative estimate of drug-likeness (QED) is 0.919. The first-order chi connectivity index (χ1) is 10.2. The summed E-state index contributed by atoms with van der Waals surface area (Å²) in [6.07, 6.45) is 6.24. The van der Waals surface area contributed by atoms with Gasteiger partial charge in [-0.1, -0.05) is 6.92 Å². The number of aryl methyl sites for hydroxylation is 1. The lowest BCUT2D eigenvalue weighted by atomic mass is 10.3. The van der Waals surface area contributed by atoms with Gasteiger partial charge >= 0.3 is 6.03 Å². The van der Waals surface area contributed by atoms with Crippen molar-refractivity contribution in [2.75, 3.05) is 18.0 Å². The second-order valence-electron chi connectivity index (χ2n) is 4.73. The summed E-state index contributed by atoms with van der Waals surface area (Å²) in [4.78, 5) is 18.0. The van der Waals surface area contributed by atoms with Crippen molar-refractivity contribution in [3.63, 3.8) is 0 Å². The minimum absolute atomic E-state index is 0.0896. The van der Waals surface area contributed by atoms with Gasteiger partial charge in [0.2, 0.25) is 0 Å². The van der Waals surface area contributed by atoms with E-state index in [-0.39, 0.29) is 6.03 Å². The fourth-order valence-electron chi connectivity index (χ4n) is 2.09. The van der Waals surface area contributed by atoms with Crippen LogP contribution < -0.4 is 10.2 Å². The largest absolute Gasteiger partial charge is 0.338 e. The molecule has 0 bridgehead atoms. The Morgan fingerprint density at radius 1 is 1.43 bits per heavy atom. The highest BCUT2D eigenvalue weighted by Crippen LogP contribution is 2.20. The molecule has 0 atom stereocenters. The van der Waals surface area contributed by atoms with Crippen molar-refractivity contribution in [2.45, 2.75) is 27.2 Å². The molecule has 0 spiro atoms. The van der Waals surface area contributed by atoms with E-state index in [1.807, 2.05) is 39.1 Å². The third kappa shape index (κ3) is 3.39. The molecule has 0 unspecified atom stereocenters. The molecule has 1 N–H and O–H groups in total. The van der Waals surface area contributed by atoms with Crippen LogP contribution in [-0.2, 0) is 0 Å². The van der Waals surface area contributed by atoms with Crippen molar-refractivity contribution < 1.29 is 4.79 Å². The van der Waals surface area contributed by atoms with E-state index >= 15 is 0 Å². The van der Waals surface area contributed by atoms with Crippen LogP contribution in [0, 0.1) is 6.92 Å². The Hall–Kier alpha value is -2.37. The summed E-state index contributed by atoms with van der Waals surface area (Å²) >= 11 is 0. The predicted molar refractivity (Wildman–Crippen MR) is 82.8 cm³/mol. The average molecular weight is 287 g/mol. The second kappa shape index (κ2) is 6.88. The number of nitrogens with one attached hydrogen (secondary N) is 1. The molecule has 112 valence electrons. The number of urea groups is 1. The summed E-state index contributed by atoms with van der Waals surface area (Å²) in [6.45, 7) is 7.15.